The molecule has 0 amide bonds. The van der Waals surface area contributed by atoms with Gasteiger partial charge in [0.15, 0.2) is 0 Å². The Morgan fingerprint density at radius 1 is 0.900 bits per heavy atom. The van der Waals surface area contributed by atoms with E-state index < -0.39 is 0 Å². The lowest BCUT2D eigenvalue weighted by molar-refractivity contribution is 0.0245. The number of nitrogens with zero attached hydrogens (tertiary/aromatic N) is 1. The fourth-order valence-corrected chi connectivity index (χ4v) is 3.88. The Morgan fingerprint density at radius 2 is 1.65 bits per heavy atom. The molecule has 3 fully saturated rings. The summed E-state index contributed by atoms with van der Waals surface area (Å²) in [6.45, 7) is 3.49. The zero-order valence-corrected chi connectivity index (χ0v) is 13.2. The van der Waals surface area contributed by atoms with Gasteiger partial charge in [-0.3, -0.25) is 0 Å². The Labute approximate surface area is 124 Å². The SMILES string of the molecule is CN(CC1CCCCC1)CC1CCC(CNC2CC2)O1. The third-order valence-electron chi connectivity index (χ3n) is 5.22. The van der Waals surface area contributed by atoms with Gasteiger partial charge in [-0.2, -0.15) is 0 Å². The normalized spacial score (nSPS) is 32.1. The van der Waals surface area contributed by atoms with E-state index in [1.165, 1.54) is 64.3 Å². The minimum absolute atomic E-state index is 0.476. The first-order chi connectivity index (χ1) is 9.79. The smallest absolute Gasteiger partial charge is 0.0707 e. The second kappa shape index (κ2) is 7.24. The number of rotatable bonds is 7. The second-order valence-corrected chi connectivity index (χ2v) is 7.37. The van der Waals surface area contributed by atoms with Gasteiger partial charge in [0.25, 0.3) is 0 Å². The summed E-state index contributed by atoms with van der Waals surface area (Å²) in [4.78, 5) is 2.53. The number of nitrogens with one attached hydrogen (secondary N) is 1. The summed E-state index contributed by atoms with van der Waals surface area (Å²) in [7, 11) is 2.29. The Kier molecular flexibility index (Phi) is 5.36. The molecule has 2 unspecified atom stereocenters. The summed E-state index contributed by atoms with van der Waals surface area (Å²) < 4.78 is 6.20. The van der Waals surface area contributed by atoms with Gasteiger partial charge in [0.05, 0.1) is 12.2 Å². The van der Waals surface area contributed by atoms with E-state index in [9.17, 15) is 0 Å². The lowest BCUT2D eigenvalue weighted by Gasteiger charge is -2.28. The predicted molar refractivity (Wildman–Crippen MR) is 83.0 cm³/mol. The summed E-state index contributed by atoms with van der Waals surface area (Å²) in [5.74, 6) is 0.947. The van der Waals surface area contributed by atoms with Crippen LogP contribution in [0.15, 0.2) is 0 Å². The van der Waals surface area contributed by atoms with Gasteiger partial charge in [-0.1, -0.05) is 19.3 Å². The van der Waals surface area contributed by atoms with Crippen molar-refractivity contribution in [3.63, 3.8) is 0 Å². The van der Waals surface area contributed by atoms with Gasteiger partial charge in [0.2, 0.25) is 0 Å². The molecule has 1 heterocycles. The highest BCUT2D eigenvalue weighted by molar-refractivity contribution is 4.84. The summed E-state index contributed by atoms with van der Waals surface area (Å²) in [5.41, 5.74) is 0. The highest BCUT2D eigenvalue weighted by Gasteiger charge is 2.29. The van der Waals surface area contributed by atoms with E-state index in [1.54, 1.807) is 0 Å². The molecule has 1 aliphatic heterocycles. The summed E-state index contributed by atoms with van der Waals surface area (Å²) in [6.07, 6.45) is 13.5. The Balaban J connectivity index is 1.30. The van der Waals surface area contributed by atoms with Crippen molar-refractivity contribution in [3.05, 3.63) is 0 Å². The van der Waals surface area contributed by atoms with Crippen LogP contribution >= 0.6 is 0 Å². The van der Waals surface area contributed by atoms with E-state index in [0.717, 1.165) is 25.0 Å². The zero-order chi connectivity index (χ0) is 13.8. The Morgan fingerprint density at radius 3 is 2.40 bits per heavy atom. The van der Waals surface area contributed by atoms with Crippen molar-refractivity contribution < 1.29 is 4.74 Å². The first kappa shape index (κ1) is 14.8. The second-order valence-electron chi connectivity index (χ2n) is 7.37. The van der Waals surface area contributed by atoms with Crippen LogP contribution in [0, 0.1) is 5.92 Å². The quantitative estimate of drug-likeness (QED) is 0.776. The molecular formula is C17H32N2O. The minimum Gasteiger partial charge on any atom is -0.372 e. The lowest BCUT2D eigenvalue weighted by atomic mass is 9.89. The average Bonchev–Trinajstić information content (AvgIpc) is 3.18. The van der Waals surface area contributed by atoms with Gasteiger partial charge in [0.1, 0.15) is 0 Å². The van der Waals surface area contributed by atoms with Crippen LogP contribution in [0.3, 0.4) is 0 Å². The molecule has 3 nitrogen and oxygen atoms in total. The van der Waals surface area contributed by atoms with Crippen LogP contribution in [-0.2, 0) is 4.74 Å². The molecule has 3 heteroatoms. The van der Waals surface area contributed by atoms with Crippen molar-refractivity contribution in [2.45, 2.75) is 76.0 Å². The van der Waals surface area contributed by atoms with Gasteiger partial charge >= 0.3 is 0 Å². The largest absolute Gasteiger partial charge is 0.372 e. The van der Waals surface area contributed by atoms with Gasteiger partial charge in [-0.25, -0.2) is 0 Å². The van der Waals surface area contributed by atoms with Crippen LogP contribution in [0.25, 0.3) is 0 Å². The number of ether oxygens (including phenoxy) is 1. The van der Waals surface area contributed by atoms with Crippen LogP contribution in [0.1, 0.15) is 57.8 Å². The molecule has 1 N–H and O–H groups in total. The molecule has 0 spiro atoms. The molecule has 3 aliphatic rings. The summed E-state index contributed by atoms with van der Waals surface area (Å²) >= 11 is 0. The van der Waals surface area contributed by atoms with E-state index in [2.05, 4.69) is 17.3 Å². The highest BCUT2D eigenvalue weighted by atomic mass is 16.5. The molecule has 20 heavy (non-hydrogen) atoms. The maximum atomic E-state index is 6.20. The molecule has 0 radical (unpaired) electrons. The van der Waals surface area contributed by atoms with E-state index in [4.69, 9.17) is 4.74 Å². The summed E-state index contributed by atoms with van der Waals surface area (Å²) in [5, 5.41) is 3.60. The van der Waals surface area contributed by atoms with E-state index in [-0.39, 0.29) is 0 Å². The van der Waals surface area contributed by atoms with Gasteiger partial charge in [0, 0.05) is 25.7 Å². The molecule has 0 aromatic rings. The standard InChI is InChI=1S/C17H32N2O/c1-19(12-14-5-3-2-4-6-14)13-17-10-9-16(20-17)11-18-15-7-8-15/h14-18H,2-13H2,1H3. The third-order valence-corrected chi connectivity index (χ3v) is 5.22. The van der Waals surface area contributed by atoms with Crippen molar-refractivity contribution in [2.24, 2.45) is 5.92 Å². The zero-order valence-electron chi connectivity index (χ0n) is 13.2. The van der Waals surface area contributed by atoms with Crippen molar-refractivity contribution in [1.29, 1.82) is 0 Å². The molecule has 2 atom stereocenters. The van der Waals surface area contributed by atoms with Crippen LogP contribution in [0.4, 0.5) is 0 Å². The minimum atomic E-state index is 0.476. The molecule has 3 rings (SSSR count). The molecule has 0 aromatic heterocycles. The lowest BCUT2D eigenvalue weighted by Crippen LogP contribution is -2.35. The topological polar surface area (TPSA) is 24.5 Å². The van der Waals surface area contributed by atoms with Gasteiger partial charge in [-0.05, 0) is 51.5 Å². The Bertz CT molecular complexity index is 287. The Hall–Kier alpha value is -0.120. The number of likely N-dealkylation sites (N-methyl/N-ethyl adjacent to an activating group) is 1. The first-order valence-electron chi connectivity index (χ1n) is 8.87. The molecule has 0 aromatic carbocycles. The van der Waals surface area contributed by atoms with Crippen molar-refractivity contribution in [1.82, 2.24) is 10.2 Å². The van der Waals surface area contributed by atoms with Crippen LogP contribution in [0.2, 0.25) is 0 Å². The molecule has 2 saturated carbocycles. The molecule has 0 bridgehead atoms. The number of hydrogen-bond donors (Lipinski definition) is 1. The fourth-order valence-electron chi connectivity index (χ4n) is 3.88. The van der Waals surface area contributed by atoms with Crippen LogP contribution in [-0.4, -0.2) is 49.8 Å². The maximum Gasteiger partial charge on any atom is 0.0707 e. The van der Waals surface area contributed by atoms with Crippen molar-refractivity contribution in [2.75, 3.05) is 26.7 Å². The van der Waals surface area contributed by atoms with E-state index in [1.807, 2.05) is 0 Å². The molecule has 2 aliphatic carbocycles. The summed E-state index contributed by atoms with van der Waals surface area (Å²) in [6, 6.07) is 0.812. The van der Waals surface area contributed by atoms with Gasteiger partial charge < -0.3 is 15.0 Å². The first-order valence-corrected chi connectivity index (χ1v) is 8.87. The van der Waals surface area contributed by atoms with E-state index in [0.29, 0.717) is 12.2 Å². The predicted octanol–water partition coefficient (Wildman–Crippen LogP) is 2.80. The average molecular weight is 280 g/mol. The molecule has 116 valence electrons. The molecular weight excluding hydrogens is 248 g/mol. The van der Waals surface area contributed by atoms with Crippen molar-refractivity contribution >= 4 is 0 Å². The highest BCUT2D eigenvalue weighted by Crippen LogP contribution is 2.26. The number of hydrogen-bond acceptors (Lipinski definition) is 3. The van der Waals surface area contributed by atoms with Gasteiger partial charge in [-0.15, -0.1) is 0 Å². The van der Waals surface area contributed by atoms with E-state index >= 15 is 0 Å². The molecule has 1 saturated heterocycles. The van der Waals surface area contributed by atoms with Crippen molar-refractivity contribution in [3.8, 4) is 0 Å². The van der Waals surface area contributed by atoms with Crippen LogP contribution < -0.4 is 5.32 Å². The maximum absolute atomic E-state index is 6.20. The van der Waals surface area contributed by atoms with Crippen LogP contribution in [0.5, 0.6) is 0 Å². The monoisotopic (exact) mass is 280 g/mol. The third kappa shape index (κ3) is 4.71. The fraction of sp³-hybridized carbons (Fsp3) is 1.00.